The van der Waals surface area contributed by atoms with Crippen LogP contribution in [-0.4, -0.2) is 58.3 Å². The van der Waals surface area contributed by atoms with Crippen molar-refractivity contribution < 1.29 is 27.4 Å². The van der Waals surface area contributed by atoms with Crippen molar-refractivity contribution in [1.82, 2.24) is 9.62 Å². The summed E-state index contributed by atoms with van der Waals surface area (Å²) in [5.74, 6) is 1.14. The Morgan fingerprint density at radius 2 is 1.74 bits per heavy atom. The van der Waals surface area contributed by atoms with Crippen LogP contribution in [0, 0.1) is 6.92 Å². The maximum atomic E-state index is 13.3. The van der Waals surface area contributed by atoms with Crippen LogP contribution < -0.4 is 14.8 Å². The van der Waals surface area contributed by atoms with Crippen LogP contribution >= 0.6 is 0 Å². The van der Waals surface area contributed by atoms with Crippen molar-refractivity contribution in [3.8, 4) is 11.5 Å². The number of fused-ring (bicyclic) bond motifs is 1. The van der Waals surface area contributed by atoms with Gasteiger partial charge in [0, 0.05) is 43.8 Å². The van der Waals surface area contributed by atoms with E-state index in [0.29, 0.717) is 44.2 Å². The van der Waals surface area contributed by atoms with E-state index in [9.17, 15) is 13.2 Å². The molecule has 1 saturated heterocycles. The van der Waals surface area contributed by atoms with Crippen LogP contribution in [0.1, 0.15) is 48.2 Å². The molecule has 184 valence electrons. The molecule has 1 amide bonds. The highest BCUT2D eigenvalue weighted by molar-refractivity contribution is 7.89. The first-order chi connectivity index (χ1) is 16.3. The lowest BCUT2D eigenvalue weighted by molar-refractivity contribution is 0.0486. The van der Waals surface area contributed by atoms with Gasteiger partial charge in [0.05, 0.1) is 4.90 Å². The van der Waals surface area contributed by atoms with Crippen LogP contribution in [-0.2, 0) is 20.2 Å². The maximum absolute atomic E-state index is 13.3. The largest absolute Gasteiger partial charge is 0.454 e. The molecule has 0 saturated carbocycles. The van der Waals surface area contributed by atoms with E-state index in [1.165, 1.54) is 10.4 Å². The molecule has 8 nitrogen and oxygen atoms in total. The van der Waals surface area contributed by atoms with Crippen LogP contribution in [0.3, 0.4) is 0 Å². The normalized spacial score (nSPS) is 17.1. The summed E-state index contributed by atoms with van der Waals surface area (Å²) in [6, 6.07) is 10.6. The first-order valence-electron chi connectivity index (χ1n) is 11.7. The van der Waals surface area contributed by atoms with Crippen LogP contribution in [0.5, 0.6) is 11.5 Å². The van der Waals surface area contributed by atoms with Gasteiger partial charge in [0.25, 0.3) is 5.91 Å². The third-order valence-corrected chi connectivity index (χ3v) is 8.86. The van der Waals surface area contributed by atoms with Crippen molar-refractivity contribution in [3.05, 3.63) is 53.1 Å². The Balaban J connectivity index is 1.58. The van der Waals surface area contributed by atoms with Gasteiger partial charge in [0.1, 0.15) is 0 Å². The van der Waals surface area contributed by atoms with Gasteiger partial charge >= 0.3 is 0 Å². The third kappa shape index (κ3) is 4.64. The van der Waals surface area contributed by atoms with Crippen molar-refractivity contribution >= 4 is 15.9 Å². The van der Waals surface area contributed by atoms with Gasteiger partial charge in [-0.1, -0.05) is 26.0 Å². The fourth-order valence-electron chi connectivity index (χ4n) is 4.62. The topological polar surface area (TPSA) is 94.2 Å². The maximum Gasteiger partial charge on any atom is 0.251 e. The number of carbonyl (C=O) groups excluding carboxylic acids is 1. The summed E-state index contributed by atoms with van der Waals surface area (Å²) in [5.41, 5.74) is 1.84. The third-order valence-electron chi connectivity index (χ3n) is 6.82. The zero-order valence-electron chi connectivity index (χ0n) is 19.9. The zero-order valence-corrected chi connectivity index (χ0v) is 20.7. The minimum Gasteiger partial charge on any atom is -0.454 e. The van der Waals surface area contributed by atoms with Gasteiger partial charge in [-0.3, -0.25) is 4.79 Å². The Bertz CT molecular complexity index is 1150. The molecule has 1 N–H and O–H groups in total. The van der Waals surface area contributed by atoms with E-state index in [1.54, 1.807) is 26.0 Å². The van der Waals surface area contributed by atoms with Crippen molar-refractivity contribution in [3.63, 3.8) is 0 Å². The Hall–Kier alpha value is -2.62. The van der Waals surface area contributed by atoms with E-state index in [1.807, 2.05) is 25.1 Å². The molecule has 0 radical (unpaired) electrons. The Morgan fingerprint density at radius 3 is 2.44 bits per heavy atom. The number of aryl methyl sites for hydroxylation is 1. The molecule has 2 aliphatic heterocycles. The number of rotatable bonds is 8. The van der Waals surface area contributed by atoms with E-state index in [2.05, 4.69) is 5.32 Å². The van der Waals surface area contributed by atoms with Crippen molar-refractivity contribution in [2.75, 3.05) is 39.6 Å². The summed E-state index contributed by atoms with van der Waals surface area (Å²) in [6.07, 6.45) is 1.50. The molecule has 0 atom stereocenters. The van der Waals surface area contributed by atoms with Gasteiger partial charge in [-0.05, 0) is 55.2 Å². The number of carbonyl (C=O) groups is 1. The first kappa shape index (κ1) is 24.5. The molecule has 2 aromatic rings. The summed E-state index contributed by atoms with van der Waals surface area (Å²) in [4.78, 5) is 13.4. The molecule has 9 heteroatoms. The highest BCUT2D eigenvalue weighted by Crippen LogP contribution is 2.40. The van der Waals surface area contributed by atoms with Gasteiger partial charge in [0.2, 0.25) is 16.8 Å². The molecule has 4 rings (SSSR count). The van der Waals surface area contributed by atoms with Crippen LogP contribution in [0.2, 0.25) is 0 Å². The number of hydrogen-bond donors (Lipinski definition) is 1. The molecular weight excluding hydrogens is 456 g/mol. The fraction of sp³-hybridized carbons (Fsp3) is 0.480. The minimum atomic E-state index is -3.66. The second-order valence-corrected chi connectivity index (χ2v) is 10.6. The number of sulfonamides is 1. The molecule has 2 aromatic carbocycles. The van der Waals surface area contributed by atoms with E-state index in [4.69, 9.17) is 14.2 Å². The second kappa shape index (κ2) is 9.93. The number of amides is 1. The van der Waals surface area contributed by atoms with Gasteiger partial charge in [-0.25, -0.2) is 8.42 Å². The Kier molecular flexibility index (Phi) is 7.16. The van der Waals surface area contributed by atoms with E-state index < -0.39 is 10.0 Å². The fourth-order valence-corrected chi connectivity index (χ4v) is 6.10. The first-order valence-corrected chi connectivity index (χ1v) is 13.1. The van der Waals surface area contributed by atoms with Gasteiger partial charge in [-0.2, -0.15) is 4.31 Å². The summed E-state index contributed by atoms with van der Waals surface area (Å²) in [6.45, 7) is 7.95. The van der Waals surface area contributed by atoms with Crippen molar-refractivity contribution in [1.29, 1.82) is 0 Å². The average Bonchev–Trinajstić information content (AvgIpc) is 3.32. The molecule has 1 fully saturated rings. The van der Waals surface area contributed by atoms with E-state index in [-0.39, 0.29) is 23.0 Å². The van der Waals surface area contributed by atoms with E-state index >= 15 is 0 Å². The number of benzene rings is 2. The van der Waals surface area contributed by atoms with Gasteiger partial charge < -0.3 is 19.5 Å². The van der Waals surface area contributed by atoms with Crippen LogP contribution in [0.4, 0.5) is 0 Å². The molecular formula is C25H32N2O6S. The lowest BCUT2D eigenvalue weighted by Gasteiger charge is -2.38. The lowest BCUT2D eigenvalue weighted by Crippen LogP contribution is -2.44. The molecule has 2 heterocycles. The van der Waals surface area contributed by atoms with E-state index in [0.717, 1.165) is 29.7 Å². The molecule has 0 bridgehead atoms. The average molecular weight is 489 g/mol. The quantitative estimate of drug-likeness (QED) is 0.613. The van der Waals surface area contributed by atoms with Crippen LogP contribution in [0.25, 0.3) is 0 Å². The molecule has 0 unspecified atom stereocenters. The highest BCUT2D eigenvalue weighted by atomic mass is 32.2. The smallest absolute Gasteiger partial charge is 0.251 e. The Labute approximate surface area is 201 Å². The SMILES string of the molecule is CCN(CC)S(=O)(=O)c1ccc(C)c(C(=O)NCC2(c3ccc4c(c3)OCO4)CCOCC2)c1. The molecule has 2 aliphatic rings. The van der Waals surface area contributed by atoms with Gasteiger partial charge in [-0.15, -0.1) is 0 Å². The monoisotopic (exact) mass is 488 g/mol. The predicted molar refractivity (Wildman–Crippen MR) is 128 cm³/mol. The van der Waals surface area contributed by atoms with Crippen molar-refractivity contribution in [2.24, 2.45) is 0 Å². The van der Waals surface area contributed by atoms with Crippen molar-refractivity contribution in [2.45, 2.75) is 43.9 Å². The zero-order chi connectivity index (χ0) is 24.3. The molecule has 0 aliphatic carbocycles. The molecule has 0 spiro atoms. The standard InChI is InChI=1S/C25H32N2O6S/c1-4-27(5-2)34(29,30)20-8-6-18(3)21(15-20)24(28)26-16-25(10-12-31-13-11-25)19-7-9-22-23(14-19)33-17-32-22/h6-9,14-15H,4-5,10-13,16-17H2,1-3H3,(H,26,28). The lowest BCUT2D eigenvalue weighted by atomic mass is 9.74. The summed E-state index contributed by atoms with van der Waals surface area (Å²) in [7, 11) is -3.66. The second-order valence-electron chi connectivity index (χ2n) is 8.71. The Morgan fingerprint density at radius 1 is 1.03 bits per heavy atom. The predicted octanol–water partition coefficient (Wildman–Crippen LogP) is 3.23. The van der Waals surface area contributed by atoms with Gasteiger partial charge in [0.15, 0.2) is 11.5 Å². The number of nitrogens with zero attached hydrogens (tertiary/aromatic N) is 1. The summed E-state index contributed by atoms with van der Waals surface area (Å²) in [5, 5.41) is 3.08. The minimum absolute atomic E-state index is 0.128. The highest BCUT2D eigenvalue weighted by Gasteiger charge is 2.36. The number of nitrogens with one attached hydrogen (secondary N) is 1. The summed E-state index contributed by atoms with van der Waals surface area (Å²) >= 11 is 0. The summed E-state index contributed by atoms with van der Waals surface area (Å²) < 4.78 is 43.9. The molecule has 0 aromatic heterocycles. The molecule has 34 heavy (non-hydrogen) atoms. The number of ether oxygens (including phenoxy) is 3. The van der Waals surface area contributed by atoms with Crippen LogP contribution in [0.15, 0.2) is 41.3 Å². The number of hydrogen-bond acceptors (Lipinski definition) is 6.